The lowest BCUT2D eigenvalue weighted by molar-refractivity contribution is -0.115. The molecule has 0 heterocycles. The summed E-state index contributed by atoms with van der Waals surface area (Å²) in [6, 6.07) is 11.2. The Labute approximate surface area is 169 Å². The molecule has 0 bridgehead atoms. The lowest BCUT2D eigenvalue weighted by atomic mass is 10.1. The minimum Gasteiger partial charge on any atom is -0.389 e. The van der Waals surface area contributed by atoms with Gasteiger partial charge in [0.05, 0.1) is 17.4 Å². The zero-order chi connectivity index (χ0) is 20.9. The van der Waals surface area contributed by atoms with Crippen LogP contribution < -0.4 is 5.32 Å². The molecule has 2 N–H and O–H groups in total. The van der Waals surface area contributed by atoms with E-state index >= 15 is 0 Å². The van der Waals surface area contributed by atoms with Gasteiger partial charge in [-0.25, -0.2) is 0 Å². The highest BCUT2D eigenvalue weighted by Crippen LogP contribution is 2.27. The Balaban J connectivity index is 2.32. The number of carbonyl (C=O) groups is 1. The van der Waals surface area contributed by atoms with Gasteiger partial charge in [-0.3, -0.25) is 4.79 Å². The Morgan fingerprint density at radius 1 is 1.29 bits per heavy atom. The van der Waals surface area contributed by atoms with Gasteiger partial charge in [0.15, 0.2) is 0 Å². The number of nitrogens with zero attached hydrogens (tertiary/aromatic N) is 2. The van der Waals surface area contributed by atoms with Crippen LogP contribution in [0.25, 0.3) is 0 Å². The van der Waals surface area contributed by atoms with Crippen LogP contribution in [0.3, 0.4) is 0 Å². The van der Waals surface area contributed by atoms with Crippen LogP contribution in [0.4, 0.5) is 5.69 Å². The third-order valence-corrected chi connectivity index (χ3v) is 5.40. The highest BCUT2D eigenvalue weighted by atomic mass is 35.5. The molecule has 0 saturated heterocycles. The summed E-state index contributed by atoms with van der Waals surface area (Å²) in [6.45, 7) is 1.46. The molecule has 0 fully saturated rings. The van der Waals surface area contributed by atoms with Crippen LogP contribution in [-0.2, 0) is 21.2 Å². The molecule has 2 aromatic carbocycles. The van der Waals surface area contributed by atoms with Gasteiger partial charge in [-0.2, -0.15) is 8.42 Å². The molecule has 9 heteroatoms. The van der Waals surface area contributed by atoms with Crippen LogP contribution in [0.15, 0.2) is 51.8 Å². The van der Waals surface area contributed by atoms with E-state index in [1.807, 2.05) is 0 Å². The molecule has 1 atom stereocenters. The van der Waals surface area contributed by atoms with E-state index in [0.717, 1.165) is 6.34 Å². The Kier molecular flexibility index (Phi) is 7.17. The number of amides is 1. The van der Waals surface area contributed by atoms with Crippen molar-refractivity contribution in [3.8, 4) is 0 Å². The van der Waals surface area contributed by atoms with Crippen LogP contribution >= 0.6 is 11.6 Å². The maximum absolute atomic E-state index is 12.6. The first-order valence-electron chi connectivity index (χ1n) is 8.42. The largest absolute Gasteiger partial charge is 0.389 e. The number of hydrogen-bond donors (Lipinski definition) is 2. The Hall–Kier alpha value is -2.42. The number of aliphatic hydroxyl groups excluding tert-OH is 1. The summed E-state index contributed by atoms with van der Waals surface area (Å²) >= 11 is 6.07. The van der Waals surface area contributed by atoms with Crippen molar-refractivity contribution < 1.29 is 18.3 Å². The minimum absolute atomic E-state index is 0.0404. The molecule has 0 aromatic heterocycles. The monoisotopic (exact) mass is 423 g/mol. The molecule has 7 nitrogen and oxygen atoms in total. The van der Waals surface area contributed by atoms with Crippen LogP contribution in [0.5, 0.6) is 0 Å². The van der Waals surface area contributed by atoms with Gasteiger partial charge in [-0.1, -0.05) is 35.9 Å². The quantitative estimate of drug-likeness (QED) is 0.527. The van der Waals surface area contributed by atoms with Crippen LogP contribution in [0.2, 0.25) is 5.02 Å². The van der Waals surface area contributed by atoms with Crippen molar-refractivity contribution in [2.24, 2.45) is 4.40 Å². The van der Waals surface area contributed by atoms with Crippen molar-refractivity contribution in [3.63, 3.8) is 0 Å². The summed E-state index contributed by atoms with van der Waals surface area (Å²) in [5, 5.41) is 13.0. The van der Waals surface area contributed by atoms with Crippen molar-refractivity contribution >= 4 is 39.6 Å². The molecule has 0 saturated carbocycles. The number of halogens is 1. The van der Waals surface area contributed by atoms with Crippen molar-refractivity contribution in [1.29, 1.82) is 0 Å². The van der Waals surface area contributed by atoms with Gasteiger partial charge >= 0.3 is 0 Å². The first-order chi connectivity index (χ1) is 13.1. The predicted molar refractivity (Wildman–Crippen MR) is 110 cm³/mol. The van der Waals surface area contributed by atoms with Crippen molar-refractivity contribution in [3.05, 3.63) is 58.6 Å². The smallest absolute Gasteiger partial charge is 0.284 e. The van der Waals surface area contributed by atoms with E-state index in [1.54, 1.807) is 38.4 Å². The molecule has 2 aromatic rings. The molecule has 0 aliphatic carbocycles. The first kappa shape index (κ1) is 21.9. The van der Waals surface area contributed by atoms with E-state index in [4.69, 9.17) is 11.6 Å². The molecule has 1 amide bonds. The molecule has 0 radical (unpaired) electrons. The number of carbonyl (C=O) groups excluding carboxylic acids is 1. The third kappa shape index (κ3) is 5.79. The molecular formula is C19H22ClN3O4S. The van der Waals surface area contributed by atoms with Gasteiger partial charge in [0.1, 0.15) is 6.34 Å². The normalized spacial score (nSPS) is 12.8. The van der Waals surface area contributed by atoms with Crippen LogP contribution in [-0.4, -0.2) is 44.8 Å². The summed E-state index contributed by atoms with van der Waals surface area (Å²) in [7, 11) is -0.782. The van der Waals surface area contributed by atoms with Gasteiger partial charge in [-0.15, -0.1) is 4.40 Å². The zero-order valence-electron chi connectivity index (χ0n) is 15.8. The van der Waals surface area contributed by atoms with E-state index in [1.165, 1.54) is 30.0 Å². The molecule has 0 aliphatic rings. The second kappa shape index (κ2) is 9.18. The summed E-state index contributed by atoms with van der Waals surface area (Å²) < 4.78 is 28.7. The standard InChI is InChI=1S/C19H22ClN3O4S/c1-13(24)16-9-8-15(11-18(16)28(26,27)21-12-23(2)3)22-19(25)10-14-6-4-5-7-17(14)20/h4-9,11-13,24H,10H2,1-3H3,(H,22,25)/b21-12+. The van der Waals surface area contributed by atoms with E-state index < -0.39 is 16.1 Å². The van der Waals surface area contributed by atoms with Crippen molar-refractivity contribution in [1.82, 2.24) is 4.90 Å². The molecule has 150 valence electrons. The second-order valence-electron chi connectivity index (χ2n) is 6.40. The number of rotatable bonds is 7. The maximum Gasteiger partial charge on any atom is 0.284 e. The van der Waals surface area contributed by atoms with Gasteiger partial charge in [-0.05, 0) is 30.7 Å². The average molecular weight is 424 g/mol. The summed E-state index contributed by atoms with van der Waals surface area (Å²) in [6.07, 6.45) is 0.176. The number of aliphatic hydroxyl groups is 1. The van der Waals surface area contributed by atoms with Gasteiger partial charge < -0.3 is 15.3 Å². The topological polar surface area (TPSA) is 99.1 Å². The summed E-state index contributed by atoms with van der Waals surface area (Å²) in [4.78, 5) is 13.6. The average Bonchev–Trinajstić information content (AvgIpc) is 2.62. The van der Waals surface area contributed by atoms with E-state index in [-0.39, 0.29) is 28.5 Å². The first-order valence-corrected chi connectivity index (χ1v) is 10.2. The SMILES string of the molecule is CC(O)c1ccc(NC(=O)Cc2ccccc2Cl)cc1S(=O)(=O)/N=C/N(C)C. The Morgan fingerprint density at radius 2 is 1.96 bits per heavy atom. The number of nitrogens with one attached hydrogen (secondary N) is 1. The highest BCUT2D eigenvalue weighted by molar-refractivity contribution is 7.90. The minimum atomic E-state index is -4.06. The van der Waals surface area contributed by atoms with Crippen molar-refractivity contribution in [2.75, 3.05) is 19.4 Å². The predicted octanol–water partition coefficient (Wildman–Crippen LogP) is 2.85. The fourth-order valence-corrected chi connectivity index (χ4v) is 3.85. The van der Waals surface area contributed by atoms with Crippen LogP contribution in [0.1, 0.15) is 24.2 Å². The highest BCUT2D eigenvalue weighted by Gasteiger charge is 2.21. The second-order valence-corrected chi connectivity index (χ2v) is 8.41. The van der Waals surface area contributed by atoms with Gasteiger partial charge in [0, 0.05) is 30.4 Å². The Morgan fingerprint density at radius 3 is 2.57 bits per heavy atom. The third-order valence-electron chi connectivity index (χ3n) is 3.75. The van der Waals surface area contributed by atoms with E-state index in [9.17, 15) is 18.3 Å². The molecule has 1 unspecified atom stereocenters. The number of sulfonamides is 1. The fraction of sp³-hybridized carbons (Fsp3) is 0.263. The molecule has 28 heavy (non-hydrogen) atoms. The number of hydrogen-bond acceptors (Lipinski definition) is 4. The van der Waals surface area contributed by atoms with Gasteiger partial charge in [0.2, 0.25) is 5.91 Å². The van der Waals surface area contributed by atoms with E-state index in [2.05, 4.69) is 9.71 Å². The lowest BCUT2D eigenvalue weighted by Gasteiger charge is -2.14. The molecule has 0 spiro atoms. The molecular weight excluding hydrogens is 402 g/mol. The lowest BCUT2D eigenvalue weighted by Crippen LogP contribution is -2.16. The number of benzene rings is 2. The molecule has 0 aliphatic heterocycles. The van der Waals surface area contributed by atoms with E-state index in [0.29, 0.717) is 10.6 Å². The number of anilines is 1. The van der Waals surface area contributed by atoms with Crippen LogP contribution in [0, 0.1) is 0 Å². The molecule has 2 rings (SSSR count). The maximum atomic E-state index is 12.6. The van der Waals surface area contributed by atoms with Gasteiger partial charge in [0.25, 0.3) is 10.0 Å². The fourth-order valence-electron chi connectivity index (χ4n) is 2.41. The summed E-state index contributed by atoms with van der Waals surface area (Å²) in [5.74, 6) is -0.349. The zero-order valence-corrected chi connectivity index (χ0v) is 17.3. The van der Waals surface area contributed by atoms with Crippen molar-refractivity contribution in [2.45, 2.75) is 24.3 Å². The Bertz CT molecular complexity index is 988. The summed E-state index contributed by atoms with van der Waals surface area (Å²) in [5.41, 5.74) is 1.13.